The van der Waals surface area contributed by atoms with E-state index in [2.05, 4.69) is 5.32 Å². The molecule has 1 heterocycles. The number of likely N-dealkylation sites (tertiary alicyclic amines) is 1. The Morgan fingerprint density at radius 2 is 2.12 bits per heavy atom. The van der Waals surface area contributed by atoms with E-state index in [1.165, 1.54) is 6.26 Å². The average molecular weight is 262 g/mol. The van der Waals surface area contributed by atoms with Crippen molar-refractivity contribution in [1.82, 2.24) is 10.2 Å². The number of hydrogen-bond acceptors (Lipinski definition) is 4. The average Bonchev–Trinajstić information content (AvgIpc) is 2.17. The molecule has 0 bridgehead atoms. The zero-order valence-electron chi connectivity index (χ0n) is 10.8. The summed E-state index contributed by atoms with van der Waals surface area (Å²) in [6, 6.07) is 0.113. The molecule has 0 radical (unpaired) electrons. The van der Waals surface area contributed by atoms with Gasteiger partial charge in [-0.25, -0.2) is 8.42 Å². The number of carbonyl (C=O) groups excluding carboxylic acids is 1. The van der Waals surface area contributed by atoms with Crippen molar-refractivity contribution < 1.29 is 13.2 Å². The molecule has 1 amide bonds. The lowest BCUT2D eigenvalue weighted by Crippen LogP contribution is -2.53. The summed E-state index contributed by atoms with van der Waals surface area (Å²) >= 11 is 0. The van der Waals surface area contributed by atoms with Gasteiger partial charge in [0.2, 0.25) is 5.91 Å². The van der Waals surface area contributed by atoms with Gasteiger partial charge < -0.3 is 10.2 Å². The molecule has 0 aromatic carbocycles. The number of hydrogen-bond donors (Lipinski definition) is 1. The van der Waals surface area contributed by atoms with Crippen molar-refractivity contribution in [2.45, 2.75) is 38.8 Å². The molecule has 0 aliphatic carbocycles. The number of piperidine rings is 1. The lowest BCUT2D eigenvalue weighted by molar-refractivity contribution is -0.135. The van der Waals surface area contributed by atoms with Crippen LogP contribution in [-0.4, -0.2) is 56.4 Å². The maximum absolute atomic E-state index is 12.0. The summed E-state index contributed by atoms with van der Waals surface area (Å²) in [7, 11) is -3.00. The van der Waals surface area contributed by atoms with E-state index in [-0.39, 0.29) is 23.7 Å². The van der Waals surface area contributed by atoms with Gasteiger partial charge in [-0.15, -0.1) is 0 Å². The van der Waals surface area contributed by atoms with Crippen molar-refractivity contribution in [2.75, 3.05) is 25.1 Å². The minimum Gasteiger partial charge on any atom is -0.340 e. The van der Waals surface area contributed by atoms with Crippen LogP contribution in [0, 0.1) is 0 Å². The molecule has 1 saturated heterocycles. The van der Waals surface area contributed by atoms with E-state index in [4.69, 9.17) is 0 Å². The molecule has 1 rings (SSSR count). The van der Waals surface area contributed by atoms with Crippen LogP contribution in [-0.2, 0) is 14.6 Å². The highest BCUT2D eigenvalue weighted by Crippen LogP contribution is 2.12. The summed E-state index contributed by atoms with van der Waals surface area (Å²) in [5, 5.41) is 3.22. The zero-order chi connectivity index (χ0) is 13.1. The molecule has 6 heteroatoms. The molecule has 1 aliphatic rings. The van der Waals surface area contributed by atoms with Gasteiger partial charge in [0.25, 0.3) is 0 Å². The molecule has 1 N–H and O–H groups in total. The van der Waals surface area contributed by atoms with E-state index in [1.807, 2.05) is 13.8 Å². The molecule has 17 heavy (non-hydrogen) atoms. The van der Waals surface area contributed by atoms with Gasteiger partial charge in [0.1, 0.15) is 9.84 Å². The molecule has 100 valence electrons. The van der Waals surface area contributed by atoms with Crippen LogP contribution in [0.5, 0.6) is 0 Å². The molecule has 1 atom stereocenters. The summed E-state index contributed by atoms with van der Waals surface area (Å²) in [5.41, 5.74) is 0. The van der Waals surface area contributed by atoms with E-state index in [9.17, 15) is 13.2 Å². The predicted octanol–water partition coefficient (Wildman–Crippen LogP) is 0.0200. The standard InChI is InChI=1S/C11H22N2O3S/c1-9(2)12-10-5-4-6-13(11(10)14)7-8-17(3,15)16/h9-10,12H,4-8H2,1-3H3. The summed E-state index contributed by atoms with van der Waals surface area (Å²) in [6.07, 6.45) is 2.97. The number of nitrogens with one attached hydrogen (secondary N) is 1. The Hall–Kier alpha value is -0.620. The van der Waals surface area contributed by atoms with Gasteiger partial charge in [-0.1, -0.05) is 13.8 Å². The molecular weight excluding hydrogens is 240 g/mol. The SMILES string of the molecule is CC(C)NC1CCCN(CCS(C)(=O)=O)C1=O. The highest BCUT2D eigenvalue weighted by Gasteiger charge is 2.28. The van der Waals surface area contributed by atoms with Gasteiger partial charge in [-0.05, 0) is 12.8 Å². The first-order chi connectivity index (χ1) is 7.79. The Bertz CT molecular complexity index is 365. The Labute approximate surface area is 103 Å². The van der Waals surface area contributed by atoms with E-state index in [0.717, 1.165) is 12.8 Å². The van der Waals surface area contributed by atoms with E-state index in [1.54, 1.807) is 4.90 Å². The highest BCUT2D eigenvalue weighted by atomic mass is 32.2. The number of nitrogens with zero attached hydrogens (tertiary/aromatic N) is 1. The van der Waals surface area contributed by atoms with Crippen molar-refractivity contribution in [3.8, 4) is 0 Å². The Kier molecular flexibility index (Phi) is 4.94. The third-order valence-electron chi connectivity index (χ3n) is 2.80. The minimum atomic E-state index is -3.00. The van der Waals surface area contributed by atoms with Crippen molar-refractivity contribution in [1.29, 1.82) is 0 Å². The Morgan fingerprint density at radius 1 is 1.47 bits per heavy atom. The second-order valence-electron chi connectivity index (χ2n) is 4.97. The first kappa shape index (κ1) is 14.4. The van der Waals surface area contributed by atoms with Gasteiger partial charge in [0.15, 0.2) is 0 Å². The summed E-state index contributed by atoms with van der Waals surface area (Å²) < 4.78 is 22.2. The number of carbonyl (C=O) groups is 1. The van der Waals surface area contributed by atoms with Crippen LogP contribution in [0.25, 0.3) is 0 Å². The molecule has 0 aromatic rings. The zero-order valence-corrected chi connectivity index (χ0v) is 11.6. The van der Waals surface area contributed by atoms with Crippen LogP contribution in [0.1, 0.15) is 26.7 Å². The van der Waals surface area contributed by atoms with Gasteiger partial charge in [-0.3, -0.25) is 4.79 Å². The molecule has 1 fully saturated rings. The van der Waals surface area contributed by atoms with Gasteiger partial charge >= 0.3 is 0 Å². The fourth-order valence-electron chi connectivity index (χ4n) is 2.00. The summed E-state index contributed by atoms with van der Waals surface area (Å²) in [6.45, 7) is 4.99. The fraction of sp³-hybridized carbons (Fsp3) is 0.909. The third kappa shape index (κ3) is 5.04. The van der Waals surface area contributed by atoms with Gasteiger partial charge in [-0.2, -0.15) is 0 Å². The van der Waals surface area contributed by atoms with E-state index in [0.29, 0.717) is 13.1 Å². The fourth-order valence-corrected chi connectivity index (χ4v) is 2.55. The van der Waals surface area contributed by atoms with E-state index >= 15 is 0 Å². The van der Waals surface area contributed by atoms with Crippen LogP contribution in [0.2, 0.25) is 0 Å². The minimum absolute atomic E-state index is 0.0357. The van der Waals surface area contributed by atoms with Crippen molar-refractivity contribution in [3.63, 3.8) is 0 Å². The van der Waals surface area contributed by atoms with Crippen molar-refractivity contribution >= 4 is 15.7 Å². The highest BCUT2D eigenvalue weighted by molar-refractivity contribution is 7.90. The summed E-state index contributed by atoms with van der Waals surface area (Å²) in [5.74, 6) is 0.0845. The van der Waals surface area contributed by atoms with Crippen molar-refractivity contribution in [2.24, 2.45) is 0 Å². The summed E-state index contributed by atoms with van der Waals surface area (Å²) in [4.78, 5) is 13.7. The van der Waals surface area contributed by atoms with Gasteiger partial charge in [0.05, 0.1) is 11.8 Å². The normalized spacial score (nSPS) is 22.2. The maximum atomic E-state index is 12.0. The van der Waals surface area contributed by atoms with Crippen LogP contribution in [0.4, 0.5) is 0 Å². The molecule has 0 aromatic heterocycles. The first-order valence-corrected chi connectivity index (χ1v) is 8.08. The lowest BCUT2D eigenvalue weighted by atomic mass is 10.0. The number of sulfone groups is 1. The molecule has 0 spiro atoms. The van der Waals surface area contributed by atoms with E-state index < -0.39 is 9.84 Å². The van der Waals surface area contributed by atoms with Crippen LogP contribution in [0.15, 0.2) is 0 Å². The monoisotopic (exact) mass is 262 g/mol. The quantitative estimate of drug-likeness (QED) is 0.758. The third-order valence-corrected chi connectivity index (χ3v) is 3.72. The smallest absolute Gasteiger partial charge is 0.239 e. The van der Waals surface area contributed by atoms with Crippen molar-refractivity contribution in [3.05, 3.63) is 0 Å². The van der Waals surface area contributed by atoms with Crippen LogP contribution in [0.3, 0.4) is 0 Å². The largest absolute Gasteiger partial charge is 0.340 e. The topological polar surface area (TPSA) is 66.5 Å². The number of rotatable bonds is 5. The molecule has 0 saturated carbocycles. The lowest BCUT2D eigenvalue weighted by Gasteiger charge is -2.33. The second-order valence-corrected chi connectivity index (χ2v) is 7.23. The maximum Gasteiger partial charge on any atom is 0.239 e. The molecule has 1 unspecified atom stereocenters. The van der Waals surface area contributed by atoms with Crippen LogP contribution >= 0.6 is 0 Å². The predicted molar refractivity (Wildman–Crippen MR) is 67.6 cm³/mol. The molecule has 5 nitrogen and oxygen atoms in total. The first-order valence-electron chi connectivity index (χ1n) is 6.02. The van der Waals surface area contributed by atoms with Gasteiger partial charge in [0, 0.05) is 25.4 Å². The molecular formula is C11H22N2O3S. The number of amides is 1. The molecule has 1 aliphatic heterocycles. The van der Waals surface area contributed by atoms with Crippen LogP contribution < -0.4 is 5.32 Å². The second kappa shape index (κ2) is 5.82. The Morgan fingerprint density at radius 3 is 2.65 bits per heavy atom. The Balaban J connectivity index is 2.53.